The maximum Gasteiger partial charge on any atom is 0.253 e. The van der Waals surface area contributed by atoms with Crippen LogP contribution in [0.3, 0.4) is 0 Å². The topological polar surface area (TPSA) is 69.6 Å². The smallest absolute Gasteiger partial charge is 0.253 e. The second kappa shape index (κ2) is 7.79. The van der Waals surface area contributed by atoms with E-state index in [9.17, 15) is 9.59 Å². The zero-order valence-electron chi connectivity index (χ0n) is 14.0. The summed E-state index contributed by atoms with van der Waals surface area (Å²) in [4.78, 5) is 26.7. The van der Waals surface area contributed by atoms with E-state index in [0.29, 0.717) is 43.8 Å². The highest BCUT2D eigenvalue weighted by atomic mass is 16.3. The number of aliphatic hydroxyl groups is 1. The molecule has 1 heterocycles. The number of hydrogen-bond donors (Lipinski definition) is 2. The van der Waals surface area contributed by atoms with Gasteiger partial charge >= 0.3 is 0 Å². The van der Waals surface area contributed by atoms with Crippen molar-refractivity contribution in [3.63, 3.8) is 0 Å². The van der Waals surface area contributed by atoms with E-state index in [1.807, 2.05) is 35.2 Å². The molecule has 0 aromatic heterocycles. The molecule has 5 nitrogen and oxygen atoms in total. The quantitative estimate of drug-likeness (QED) is 0.836. The van der Waals surface area contributed by atoms with E-state index < -0.39 is 0 Å². The predicted octanol–water partition coefficient (Wildman–Crippen LogP) is 1.82. The van der Waals surface area contributed by atoms with Gasteiger partial charge in [0.05, 0.1) is 0 Å². The summed E-state index contributed by atoms with van der Waals surface area (Å²) < 4.78 is 0. The lowest BCUT2D eigenvalue weighted by Gasteiger charge is -2.32. The van der Waals surface area contributed by atoms with Crippen LogP contribution >= 0.6 is 0 Å². The summed E-state index contributed by atoms with van der Waals surface area (Å²) in [7, 11) is 0. The molecule has 1 aliphatic heterocycles. The average Bonchev–Trinajstić information content (AvgIpc) is 3.47. The standard InChI is InChI=1S/C19H26N2O3/c22-13-10-17(14-6-7-14)20-18(23)15-8-11-21(12-9-15)19(24)16-4-2-1-3-5-16/h1-5,14-15,17,22H,6-13H2,(H,20,23). The van der Waals surface area contributed by atoms with Gasteiger partial charge in [0.15, 0.2) is 0 Å². The number of piperidine rings is 1. The van der Waals surface area contributed by atoms with Crippen molar-refractivity contribution in [3.8, 4) is 0 Å². The number of hydrogen-bond acceptors (Lipinski definition) is 3. The number of nitrogens with one attached hydrogen (secondary N) is 1. The number of benzene rings is 1. The molecule has 0 bridgehead atoms. The minimum Gasteiger partial charge on any atom is -0.396 e. The van der Waals surface area contributed by atoms with Crippen LogP contribution in [0.25, 0.3) is 0 Å². The van der Waals surface area contributed by atoms with Crippen molar-refractivity contribution < 1.29 is 14.7 Å². The van der Waals surface area contributed by atoms with Crippen LogP contribution in [0, 0.1) is 11.8 Å². The van der Waals surface area contributed by atoms with Crippen molar-refractivity contribution in [3.05, 3.63) is 35.9 Å². The second-order valence-corrected chi connectivity index (χ2v) is 6.90. The number of nitrogens with zero attached hydrogens (tertiary/aromatic N) is 1. The SMILES string of the molecule is O=C(NC(CCO)C1CC1)C1CCN(C(=O)c2ccccc2)CC1. The molecule has 2 fully saturated rings. The average molecular weight is 330 g/mol. The van der Waals surface area contributed by atoms with Gasteiger partial charge in [-0.25, -0.2) is 0 Å². The van der Waals surface area contributed by atoms with Crippen LogP contribution in [-0.2, 0) is 4.79 Å². The number of aliphatic hydroxyl groups excluding tert-OH is 1. The number of amides is 2. The summed E-state index contributed by atoms with van der Waals surface area (Å²) >= 11 is 0. The molecule has 0 spiro atoms. The lowest BCUT2D eigenvalue weighted by molar-refractivity contribution is -0.127. The van der Waals surface area contributed by atoms with Crippen molar-refractivity contribution in [2.24, 2.45) is 11.8 Å². The molecule has 24 heavy (non-hydrogen) atoms. The van der Waals surface area contributed by atoms with Gasteiger partial charge in [-0.1, -0.05) is 18.2 Å². The number of carbonyl (C=O) groups is 2. The molecule has 130 valence electrons. The van der Waals surface area contributed by atoms with Gasteiger partial charge in [0.2, 0.25) is 5.91 Å². The van der Waals surface area contributed by atoms with Crippen LogP contribution in [0.15, 0.2) is 30.3 Å². The van der Waals surface area contributed by atoms with Gasteiger partial charge in [0.1, 0.15) is 0 Å². The Morgan fingerprint density at radius 2 is 1.79 bits per heavy atom. The first-order valence-corrected chi connectivity index (χ1v) is 8.94. The van der Waals surface area contributed by atoms with E-state index in [4.69, 9.17) is 5.11 Å². The minimum atomic E-state index is -0.0234. The Kier molecular flexibility index (Phi) is 5.51. The minimum absolute atomic E-state index is 0.0234. The molecule has 1 atom stereocenters. The molecule has 2 N–H and O–H groups in total. The number of rotatable bonds is 6. The highest BCUT2D eigenvalue weighted by molar-refractivity contribution is 5.94. The van der Waals surface area contributed by atoms with Crippen molar-refractivity contribution in [2.75, 3.05) is 19.7 Å². The van der Waals surface area contributed by atoms with Crippen molar-refractivity contribution in [2.45, 2.75) is 38.1 Å². The Bertz CT molecular complexity index is 563. The van der Waals surface area contributed by atoms with Crippen LogP contribution in [0.2, 0.25) is 0 Å². The van der Waals surface area contributed by atoms with Crippen LogP contribution in [-0.4, -0.2) is 47.6 Å². The highest BCUT2D eigenvalue weighted by Gasteiger charge is 2.34. The first-order valence-electron chi connectivity index (χ1n) is 8.94. The third kappa shape index (κ3) is 4.15. The first-order chi connectivity index (χ1) is 11.7. The molecule has 1 saturated carbocycles. The lowest BCUT2D eigenvalue weighted by Crippen LogP contribution is -2.46. The number of carbonyl (C=O) groups excluding carboxylic acids is 2. The Morgan fingerprint density at radius 1 is 1.12 bits per heavy atom. The van der Waals surface area contributed by atoms with E-state index in [2.05, 4.69) is 5.32 Å². The first kappa shape index (κ1) is 17.0. The van der Waals surface area contributed by atoms with Gasteiger partial charge in [0, 0.05) is 37.2 Å². The highest BCUT2D eigenvalue weighted by Crippen LogP contribution is 2.34. The van der Waals surface area contributed by atoms with Crippen LogP contribution in [0.1, 0.15) is 42.5 Å². The third-order valence-electron chi connectivity index (χ3n) is 5.13. The zero-order valence-corrected chi connectivity index (χ0v) is 14.0. The van der Waals surface area contributed by atoms with E-state index in [1.165, 1.54) is 0 Å². The van der Waals surface area contributed by atoms with Crippen molar-refractivity contribution in [1.29, 1.82) is 0 Å². The van der Waals surface area contributed by atoms with Gasteiger partial charge in [-0.3, -0.25) is 9.59 Å². The summed E-state index contributed by atoms with van der Waals surface area (Å²) in [6.07, 6.45) is 4.35. The Hall–Kier alpha value is -1.88. The Morgan fingerprint density at radius 3 is 2.38 bits per heavy atom. The maximum absolute atomic E-state index is 12.5. The van der Waals surface area contributed by atoms with E-state index in [0.717, 1.165) is 12.8 Å². The lowest BCUT2D eigenvalue weighted by atomic mass is 9.94. The van der Waals surface area contributed by atoms with Crippen LogP contribution < -0.4 is 5.32 Å². The third-order valence-corrected chi connectivity index (χ3v) is 5.13. The van der Waals surface area contributed by atoms with Crippen molar-refractivity contribution in [1.82, 2.24) is 10.2 Å². The molecule has 0 radical (unpaired) electrons. The van der Waals surface area contributed by atoms with Gasteiger partial charge < -0.3 is 15.3 Å². The normalized spacial score (nSPS) is 19.8. The molecule has 2 aliphatic rings. The Labute approximate surface area is 143 Å². The van der Waals surface area contributed by atoms with E-state index in [1.54, 1.807) is 0 Å². The van der Waals surface area contributed by atoms with Crippen molar-refractivity contribution >= 4 is 11.8 Å². The van der Waals surface area contributed by atoms with Gasteiger partial charge in [0.25, 0.3) is 5.91 Å². The fraction of sp³-hybridized carbons (Fsp3) is 0.579. The molecule has 2 amide bonds. The van der Waals surface area contributed by atoms with Gasteiger partial charge in [-0.2, -0.15) is 0 Å². The Balaban J connectivity index is 1.49. The molecule has 1 aromatic rings. The fourth-order valence-corrected chi connectivity index (χ4v) is 3.47. The molecule has 5 heteroatoms. The maximum atomic E-state index is 12.5. The molecule has 1 unspecified atom stereocenters. The molecule has 1 aromatic carbocycles. The van der Waals surface area contributed by atoms with Crippen LogP contribution in [0.5, 0.6) is 0 Å². The summed E-state index contributed by atoms with van der Waals surface area (Å²) in [6, 6.07) is 9.41. The summed E-state index contributed by atoms with van der Waals surface area (Å²) in [5.74, 6) is 0.656. The molecular weight excluding hydrogens is 304 g/mol. The largest absolute Gasteiger partial charge is 0.396 e. The predicted molar refractivity (Wildman–Crippen MR) is 91.4 cm³/mol. The fourth-order valence-electron chi connectivity index (χ4n) is 3.47. The molecule has 1 aliphatic carbocycles. The molecule has 3 rings (SSSR count). The summed E-state index contributed by atoms with van der Waals surface area (Å²) in [5.41, 5.74) is 0.706. The molecule has 1 saturated heterocycles. The van der Waals surface area contributed by atoms with Gasteiger partial charge in [-0.05, 0) is 50.2 Å². The van der Waals surface area contributed by atoms with Gasteiger partial charge in [-0.15, -0.1) is 0 Å². The van der Waals surface area contributed by atoms with E-state index >= 15 is 0 Å². The number of likely N-dealkylation sites (tertiary alicyclic amines) is 1. The molecular formula is C19H26N2O3. The summed E-state index contributed by atoms with van der Waals surface area (Å²) in [5, 5.41) is 12.3. The van der Waals surface area contributed by atoms with E-state index in [-0.39, 0.29) is 30.4 Å². The van der Waals surface area contributed by atoms with Crippen LogP contribution in [0.4, 0.5) is 0 Å². The second-order valence-electron chi connectivity index (χ2n) is 6.90. The monoisotopic (exact) mass is 330 g/mol. The summed E-state index contributed by atoms with van der Waals surface area (Å²) in [6.45, 7) is 1.37. The zero-order chi connectivity index (χ0) is 16.9.